The summed E-state index contributed by atoms with van der Waals surface area (Å²) in [6.07, 6.45) is 1.86. The molecule has 0 aliphatic carbocycles. The van der Waals surface area contributed by atoms with Gasteiger partial charge < -0.3 is 0 Å². The first-order valence-corrected chi connectivity index (χ1v) is 7.37. The summed E-state index contributed by atoms with van der Waals surface area (Å²) in [5.74, 6) is 0. The molecule has 0 N–H and O–H groups in total. The Bertz CT molecular complexity index is 1190. The van der Waals surface area contributed by atoms with Gasteiger partial charge in [-0.25, -0.2) is 4.98 Å². The molecule has 22 heavy (non-hydrogen) atoms. The Balaban J connectivity index is 2.22. The number of nitrogens with zero attached hydrogens (tertiary/aromatic N) is 3. The van der Waals surface area contributed by atoms with Crippen molar-refractivity contribution in [3.63, 3.8) is 0 Å². The van der Waals surface area contributed by atoms with Crippen molar-refractivity contribution >= 4 is 38.5 Å². The maximum absolute atomic E-state index is 4.86. The molecule has 104 valence electrons. The van der Waals surface area contributed by atoms with E-state index >= 15 is 0 Å². The highest BCUT2D eigenvalue weighted by Crippen LogP contribution is 2.31. The molecule has 5 rings (SSSR count). The van der Waals surface area contributed by atoms with Gasteiger partial charge in [0.1, 0.15) is 5.65 Å². The van der Waals surface area contributed by atoms with Crippen molar-refractivity contribution in [2.24, 2.45) is 0 Å². The van der Waals surface area contributed by atoms with Crippen LogP contribution in [0.15, 0.2) is 60.8 Å². The smallest absolute Gasteiger partial charge is 0.146 e. The number of hydrogen-bond donors (Lipinski definition) is 0. The Kier molecular flexibility index (Phi) is 2.15. The van der Waals surface area contributed by atoms with E-state index in [2.05, 4.69) is 58.8 Å². The van der Waals surface area contributed by atoms with E-state index in [9.17, 15) is 0 Å². The van der Waals surface area contributed by atoms with Crippen molar-refractivity contribution in [2.75, 3.05) is 0 Å². The summed E-state index contributed by atoms with van der Waals surface area (Å²) >= 11 is 0. The van der Waals surface area contributed by atoms with Crippen LogP contribution in [0.4, 0.5) is 0 Å². The Morgan fingerprint density at radius 3 is 2.68 bits per heavy atom. The van der Waals surface area contributed by atoms with E-state index in [0.29, 0.717) is 0 Å². The maximum atomic E-state index is 4.86. The monoisotopic (exact) mass is 283 g/mol. The molecule has 0 fully saturated rings. The van der Waals surface area contributed by atoms with Gasteiger partial charge in [-0.05, 0) is 37.3 Å². The van der Waals surface area contributed by atoms with Crippen molar-refractivity contribution in [3.8, 4) is 0 Å². The quantitative estimate of drug-likeness (QED) is 0.392. The topological polar surface area (TPSA) is 30.2 Å². The first-order valence-electron chi connectivity index (χ1n) is 7.37. The third kappa shape index (κ3) is 1.40. The molecule has 3 aromatic heterocycles. The van der Waals surface area contributed by atoms with Crippen molar-refractivity contribution in [2.45, 2.75) is 6.92 Å². The molecule has 0 aliphatic rings. The predicted octanol–water partition coefficient (Wildman–Crippen LogP) is 4.50. The standard InChI is InChI=1S/C19H13N3/c1-12-8-9-13-14(11-12)18-17(7-4-10-20-18)22-16-6-3-2-5-15(16)21-19(13)22/h2-11H,1H3. The van der Waals surface area contributed by atoms with E-state index in [-0.39, 0.29) is 0 Å². The Hall–Kier alpha value is -2.94. The fourth-order valence-electron chi connectivity index (χ4n) is 3.28. The minimum atomic E-state index is 0.997. The number of rotatable bonds is 0. The second-order valence-electron chi connectivity index (χ2n) is 5.68. The lowest BCUT2D eigenvalue weighted by atomic mass is 10.1. The Labute approximate surface area is 126 Å². The fraction of sp³-hybridized carbons (Fsp3) is 0.0526. The molecule has 0 amide bonds. The average Bonchev–Trinajstić information content (AvgIpc) is 2.94. The van der Waals surface area contributed by atoms with Gasteiger partial charge in [0.15, 0.2) is 0 Å². The van der Waals surface area contributed by atoms with Gasteiger partial charge in [0, 0.05) is 17.0 Å². The van der Waals surface area contributed by atoms with Crippen LogP contribution in [0.2, 0.25) is 0 Å². The van der Waals surface area contributed by atoms with Crippen molar-refractivity contribution < 1.29 is 0 Å². The number of pyridine rings is 2. The molecule has 3 heterocycles. The lowest BCUT2D eigenvalue weighted by Gasteiger charge is -2.08. The minimum Gasteiger partial charge on any atom is -0.290 e. The molecule has 3 heteroatoms. The number of aryl methyl sites for hydroxylation is 1. The molecule has 0 bridgehead atoms. The zero-order valence-electron chi connectivity index (χ0n) is 12.1. The SMILES string of the molecule is Cc1ccc2c(c1)c1ncccc1n1c3ccccc3nc21. The van der Waals surface area contributed by atoms with Crippen molar-refractivity contribution in [3.05, 3.63) is 66.4 Å². The molecule has 0 radical (unpaired) electrons. The van der Waals surface area contributed by atoms with Gasteiger partial charge in [0.2, 0.25) is 0 Å². The van der Waals surface area contributed by atoms with E-state index in [0.717, 1.165) is 33.1 Å². The van der Waals surface area contributed by atoms with Crippen LogP contribution in [0.3, 0.4) is 0 Å². The number of para-hydroxylation sites is 2. The zero-order valence-corrected chi connectivity index (χ0v) is 12.1. The van der Waals surface area contributed by atoms with Gasteiger partial charge in [0.05, 0.1) is 22.1 Å². The van der Waals surface area contributed by atoms with Crippen LogP contribution >= 0.6 is 0 Å². The summed E-state index contributed by atoms with van der Waals surface area (Å²) in [6.45, 7) is 2.11. The van der Waals surface area contributed by atoms with Crippen LogP contribution in [0.5, 0.6) is 0 Å². The maximum Gasteiger partial charge on any atom is 0.146 e. The van der Waals surface area contributed by atoms with Crippen molar-refractivity contribution in [1.82, 2.24) is 14.4 Å². The molecular weight excluding hydrogens is 270 g/mol. The zero-order chi connectivity index (χ0) is 14.7. The Morgan fingerprint density at radius 1 is 0.864 bits per heavy atom. The number of benzene rings is 2. The molecule has 0 aliphatic heterocycles. The van der Waals surface area contributed by atoms with Gasteiger partial charge >= 0.3 is 0 Å². The largest absolute Gasteiger partial charge is 0.290 e. The third-order valence-electron chi connectivity index (χ3n) is 4.26. The normalized spacial score (nSPS) is 11.9. The summed E-state index contributed by atoms with van der Waals surface area (Å²) in [6, 6.07) is 18.8. The molecule has 0 saturated heterocycles. The van der Waals surface area contributed by atoms with Crippen LogP contribution < -0.4 is 0 Å². The van der Waals surface area contributed by atoms with Crippen LogP contribution in [-0.2, 0) is 0 Å². The highest BCUT2D eigenvalue weighted by molar-refractivity contribution is 6.12. The number of hydrogen-bond acceptors (Lipinski definition) is 2. The second-order valence-corrected chi connectivity index (χ2v) is 5.68. The summed E-state index contributed by atoms with van der Waals surface area (Å²) in [5, 5.41) is 2.31. The summed E-state index contributed by atoms with van der Waals surface area (Å²) in [7, 11) is 0. The average molecular weight is 283 g/mol. The van der Waals surface area contributed by atoms with Crippen LogP contribution in [-0.4, -0.2) is 14.4 Å². The molecule has 3 nitrogen and oxygen atoms in total. The molecular formula is C19H13N3. The van der Waals surface area contributed by atoms with Gasteiger partial charge in [-0.1, -0.05) is 29.8 Å². The van der Waals surface area contributed by atoms with E-state index in [1.165, 1.54) is 10.9 Å². The molecule has 0 saturated carbocycles. The van der Waals surface area contributed by atoms with E-state index in [1.807, 2.05) is 18.3 Å². The number of fused-ring (bicyclic) bond motifs is 8. The molecule has 2 aromatic carbocycles. The predicted molar refractivity (Wildman–Crippen MR) is 90.2 cm³/mol. The fourth-order valence-corrected chi connectivity index (χ4v) is 3.28. The lowest BCUT2D eigenvalue weighted by Crippen LogP contribution is -1.93. The van der Waals surface area contributed by atoms with Gasteiger partial charge in [0.25, 0.3) is 0 Å². The first-order chi connectivity index (χ1) is 10.8. The summed E-state index contributed by atoms with van der Waals surface area (Å²) < 4.78 is 2.22. The Morgan fingerprint density at radius 2 is 1.73 bits per heavy atom. The third-order valence-corrected chi connectivity index (χ3v) is 4.26. The summed E-state index contributed by atoms with van der Waals surface area (Å²) in [5.41, 5.74) is 6.50. The van der Waals surface area contributed by atoms with Gasteiger partial charge in [-0.15, -0.1) is 0 Å². The highest BCUT2D eigenvalue weighted by atomic mass is 15.0. The van der Waals surface area contributed by atoms with Crippen molar-refractivity contribution in [1.29, 1.82) is 0 Å². The first kappa shape index (κ1) is 11.7. The van der Waals surface area contributed by atoms with Crippen LogP contribution in [0.25, 0.3) is 38.5 Å². The van der Waals surface area contributed by atoms with Crippen LogP contribution in [0, 0.1) is 6.92 Å². The van der Waals surface area contributed by atoms with E-state index in [4.69, 9.17) is 4.98 Å². The molecule has 0 unspecified atom stereocenters. The second kappa shape index (κ2) is 4.04. The van der Waals surface area contributed by atoms with Gasteiger partial charge in [-0.3, -0.25) is 9.38 Å². The number of aromatic nitrogens is 3. The van der Waals surface area contributed by atoms with E-state index in [1.54, 1.807) is 0 Å². The molecule has 0 atom stereocenters. The highest BCUT2D eigenvalue weighted by Gasteiger charge is 2.13. The number of imidazole rings is 1. The molecule has 0 spiro atoms. The van der Waals surface area contributed by atoms with Gasteiger partial charge in [-0.2, -0.15) is 0 Å². The van der Waals surface area contributed by atoms with E-state index < -0.39 is 0 Å². The molecule has 5 aromatic rings. The summed E-state index contributed by atoms with van der Waals surface area (Å²) in [4.78, 5) is 9.50. The lowest BCUT2D eigenvalue weighted by molar-refractivity contribution is 1.28. The van der Waals surface area contributed by atoms with Crippen LogP contribution in [0.1, 0.15) is 5.56 Å². The minimum absolute atomic E-state index is 0.997.